The van der Waals surface area contributed by atoms with E-state index in [1.54, 1.807) is 16.6 Å². The fourth-order valence-corrected chi connectivity index (χ4v) is 2.42. The maximum absolute atomic E-state index is 12.2. The number of anilines is 1. The van der Waals surface area contributed by atoms with Crippen molar-refractivity contribution in [1.29, 1.82) is 0 Å². The molecule has 0 saturated carbocycles. The molecule has 3 aromatic rings. The van der Waals surface area contributed by atoms with Crippen LogP contribution in [0.3, 0.4) is 0 Å². The highest BCUT2D eigenvalue weighted by Crippen LogP contribution is 2.19. The molecule has 0 aromatic carbocycles. The molecule has 3 aromatic heterocycles. The van der Waals surface area contributed by atoms with E-state index in [1.165, 1.54) is 0 Å². The van der Waals surface area contributed by atoms with Gasteiger partial charge >= 0.3 is 0 Å². The molecule has 0 saturated heterocycles. The van der Waals surface area contributed by atoms with Gasteiger partial charge in [-0.15, -0.1) is 5.10 Å². The highest BCUT2D eigenvalue weighted by atomic mass is 16.1. The van der Waals surface area contributed by atoms with Crippen LogP contribution in [0.25, 0.3) is 17.2 Å². The van der Waals surface area contributed by atoms with Gasteiger partial charge in [0.1, 0.15) is 5.82 Å². The third kappa shape index (κ3) is 2.90. The second kappa shape index (κ2) is 6.12. The largest absolute Gasteiger partial charge is 0.384 e. The van der Waals surface area contributed by atoms with E-state index < -0.39 is 0 Å². The Hall–Kier alpha value is -2.83. The minimum absolute atomic E-state index is 0.143. The van der Waals surface area contributed by atoms with Crippen LogP contribution in [-0.2, 0) is 7.05 Å². The maximum Gasteiger partial charge on any atom is 0.251 e. The quantitative estimate of drug-likeness (QED) is 0.703. The first-order valence-electron chi connectivity index (χ1n) is 7.66. The Labute approximate surface area is 134 Å². The number of aromatic nitrogens is 4. The monoisotopic (exact) mass is 312 g/mol. The number of nitrogens with zero attached hydrogens (tertiary/aromatic N) is 4. The summed E-state index contributed by atoms with van der Waals surface area (Å²) in [5.41, 5.74) is 7.97. The summed E-state index contributed by atoms with van der Waals surface area (Å²) in [6, 6.07) is 7.19. The second-order valence-electron chi connectivity index (χ2n) is 5.49. The van der Waals surface area contributed by atoms with E-state index in [9.17, 15) is 4.79 Å². The number of nitrogens with two attached hydrogens (primary N) is 1. The number of hydrogen-bond donors (Lipinski definition) is 2. The van der Waals surface area contributed by atoms with Crippen LogP contribution >= 0.6 is 0 Å². The van der Waals surface area contributed by atoms with Gasteiger partial charge < -0.3 is 15.6 Å². The molecule has 0 fully saturated rings. The van der Waals surface area contributed by atoms with Gasteiger partial charge in [-0.1, -0.05) is 13.3 Å². The topological polar surface area (TPSA) is 90.2 Å². The first-order chi connectivity index (χ1) is 11.1. The molecule has 0 spiro atoms. The predicted molar refractivity (Wildman–Crippen MR) is 89.0 cm³/mol. The van der Waals surface area contributed by atoms with Gasteiger partial charge in [0, 0.05) is 25.4 Å². The van der Waals surface area contributed by atoms with Crippen LogP contribution in [0.15, 0.2) is 30.5 Å². The summed E-state index contributed by atoms with van der Waals surface area (Å²) in [4.78, 5) is 16.7. The van der Waals surface area contributed by atoms with Crippen molar-refractivity contribution in [1.82, 2.24) is 24.5 Å². The first kappa shape index (κ1) is 15.1. The number of hydrogen-bond acceptors (Lipinski definition) is 4. The lowest BCUT2D eigenvalue weighted by Crippen LogP contribution is -2.24. The Bertz CT molecular complexity index is 847. The van der Waals surface area contributed by atoms with Crippen LogP contribution in [-0.4, -0.2) is 31.6 Å². The fourth-order valence-electron chi connectivity index (χ4n) is 2.42. The van der Waals surface area contributed by atoms with E-state index in [0.29, 0.717) is 29.4 Å². The summed E-state index contributed by atoms with van der Waals surface area (Å²) in [7, 11) is 1.93. The number of fused-ring (bicyclic) bond motifs is 1. The van der Waals surface area contributed by atoms with Gasteiger partial charge in [0.05, 0.1) is 5.69 Å². The van der Waals surface area contributed by atoms with Crippen molar-refractivity contribution in [3.63, 3.8) is 0 Å². The molecule has 7 nitrogen and oxygen atoms in total. The van der Waals surface area contributed by atoms with E-state index in [2.05, 4.69) is 22.3 Å². The Morgan fingerprint density at radius 3 is 2.91 bits per heavy atom. The molecule has 0 bridgehead atoms. The average molecular weight is 312 g/mol. The van der Waals surface area contributed by atoms with Crippen LogP contribution in [0.5, 0.6) is 0 Å². The lowest BCUT2D eigenvalue weighted by Gasteiger charge is -2.05. The van der Waals surface area contributed by atoms with E-state index >= 15 is 0 Å². The maximum atomic E-state index is 12.2. The van der Waals surface area contributed by atoms with Gasteiger partial charge in [-0.2, -0.15) is 4.52 Å². The van der Waals surface area contributed by atoms with E-state index in [-0.39, 0.29) is 5.91 Å². The molecule has 7 heteroatoms. The van der Waals surface area contributed by atoms with Crippen molar-refractivity contribution in [2.24, 2.45) is 7.05 Å². The number of carbonyl (C=O) groups excluding carboxylic acids is 1. The molecule has 0 aliphatic heterocycles. The Morgan fingerprint density at radius 1 is 1.39 bits per heavy atom. The van der Waals surface area contributed by atoms with Gasteiger partial charge in [0.25, 0.3) is 5.91 Å². The van der Waals surface area contributed by atoms with Crippen molar-refractivity contribution in [3.8, 4) is 11.5 Å². The summed E-state index contributed by atoms with van der Waals surface area (Å²) in [5, 5.41) is 7.30. The number of rotatable bonds is 5. The smallest absolute Gasteiger partial charge is 0.251 e. The fraction of sp³-hybridized carbons (Fsp3) is 0.312. The highest BCUT2D eigenvalue weighted by molar-refractivity contribution is 5.95. The molecule has 0 atom stereocenters. The number of nitrogens with one attached hydrogen (secondary N) is 1. The summed E-state index contributed by atoms with van der Waals surface area (Å²) in [5.74, 6) is 0.819. The Balaban J connectivity index is 1.95. The zero-order chi connectivity index (χ0) is 16.4. The molecule has 3 rings (SSSR count). The molecule has 0 unspecified atom stereocenters. The summed E-state index contributed by atoms with van der Waals surface area (Å²) in [6.45, 7) is 2.74. The molecule has 0 aliphatic rings. The molecule has 0 aliphatic carbocycles. The molecule has 0 radical (unpaired) electrons. The van der Waals surface area contributed by atoms with E-state index in [1.807, 2.05) is 29.9 Å². The number of amides is 1. The SMILES string of the molecule is CCCCNC(=O)c1cc(N)n2nc(-c3cccn3C)nc2c1. The zero-order valence-corrected chi connectivity index (χ0v) is 13.3. The van der Waals surface area contributed by atoms with Gasteiger partial charge in [0.2, 0.25) is 0 Å². The number of nitrogen functional groups attached to an aromatic ring is 1. The normalized spacial score (nSPS) is 11.0. The van der Waals surface area contributed by atoms with Crippen LogP contribution in [0.2, 0.25) is 0 Å². The number of unbranched alkanes of at least 4 members (excludes halogenated alkanes) is 1. The van der Waals surface area contributed by atoms with Crippen molar-refractivity contribution >= 4 is 17.4 Å². The highest BCUT2D eigenvalue weighted by Gasteiger charge is 2.14. The van der Waals surface area contributed by atoms with Crippen LogP contribution < -0.4 is 11.1 Å². The number of pyridine rings is 1. The van der Waals surface area contributed by atoms with Gasteiger partial charge in [-0.3, -0.25) is 4.79 Å². The minimum atomic E-state index is -0.143. The lowest BCUT2D eigenvalue weighted by atomic mass is 10.2. The molecule has 120 valence electrons. The van der Waals surface area contributed by atoms with Gasteiger partial charge in [-0.25, -0.2) is 4.98 Å². The average Bonchev–Trinajstić information content (AvgIpc) is 3.13. The predicted octanol–water partition coefficient (Wildman–Crippen LogP) is 1.85. The van der Waals surface area contributed by atoms with E-state index in [0.717, 1.165) is 18.5 Å². The molecular weight excluding hydrogens is 292 g/mol. The second-order valence-corrected chi connectivity index (χ2v) is 5.49. The van der Waals surface area contributed by atoms with Gasteiger partial charge in [-0.05, 0) is 30.7 Å². The molecule has 23 heavy (non-hydrogen) atoms. The minimum Gasteiger partial charge on any atom is -0.384 e. The van der Waals surface area contributed by atoms with Gasteiger partial charge in [0.15, 0.2) is 11.5 Å². The summed E-state index contributed by atoms with van der Waals surface area (Å²) >= 11 is 0. The third-order valence-electron chi connectivity index (χ3n) is 3.72. The van der Waals surface area contributed by atoms with E-state index in [4.69, 9.17) is 5.73 Å². The van der Waals surface area contributed by atoms with Crippen molar-refractivity contribution < 1.29 is 4.79 Å². The summed E-state index contributed by atoms with van der Waals surface area (Å²) < 4.78 is 3.48. The number of carbonyl (C=O) groups is 1. The van der Waals surface area contributed by atoms with Crippen LogP contribution in [0, 0.1) is 0 Å². The lowest BCUT2D eigenvalue weighted by molar-refractivity contribution is 0.0953. The summed E-state index contributed by atoms with van der Waals surface area (Å²) in [6.07, 6.45) is 3.91. The molecule has 3 N–H and O–H groups in total. The Morgan fingerprint density at radius 2 is 2.22 bits per heavy atom. The molecular formula is C16H20N6O. The standard InChI is InChI=1S/C16H20N6O/c1-3-4-7-18-16(23)11-9-13(17)22-14(10-11)19-15(20-22)12-6-5-8-21(12)2/h5-6,8-10H,3-4,7,17H2,1-2H3,(H,18,23). The van der Waals surface area contributed by atoms with Crippen molar-refractivity contribution in [3.05, 3.63) is 36.0 Å². The zero-order valence-electron chi connectivity index (χ0n) is 13.3. The van der Waals surface area contributed by atoms with Crippen molar-refractivity contribution in [2.75, 3.05) is 12.3 Å². The van der Waals surface area contributed by atoms with Crippen LogP contribution in [0.1, 0.15) is 30.1 Å². The Kier molecular flexibility index (Phi) is 4.01. The van der Waals surface area contributed by atoms with Crippen molar-refractivity contribution in [2.45, 2.75) is 19.8 Å². The molecule has 1 amide bonds. The third-order valence-corrected chi connectivity index (χ3v) is 3.72. The first-order valence-corrected chi connectivity index (χ1v) is 7.66. The number of aryl methyl sites for hydroxylation is 1. The molecule has 3 heterocycles. The van der Waals surface area contributed by atoms with Crippen LogP contribution in [0.4, 0.5) is 5.82 Å².